The summed E-state index contributed by atoms with van der Waals surface area (Å²) < 4.78 is 5.41. The number of rotatable bonds is 6. The van der Waals surface area contributed by atoms with Gasteiger partial charge in [0.05, 0.1) is 0 Å². The topological polar surface area (TPSA) is 77.2 Å². The van der Waals surface area contributed by atoms with Crippen LogP contribution in [0.15, 0.2) is 42.6 Å². The lowest BCUT2D eigenvalue weighted by atomic mass is 10.2. The number of nitrogens with zero attached hydrogens (tertiary/aromatic N) is 1. The number of aromatic nitrogens is 1. The lowest BCUT2D eigenvalue weighted by molar-refractivity contribution is -0.123. The molecular formula is C16H19N3O2. The fraction of sp³-hybridized carbons (Fsp3) is 0.250. The van der Waals surface area contributed by atoms with E-state index in [-0.39, 0.29) is 12.5 Å². The lowest BCUT2D eigenvalue weighted by Gasteiger charge is -2.08. The van der Waals surface area contributed by atoms with E-state index in [9.17, 15) is 4.79 Å². The molecule has 0 aliphatic heterocycles. The van der Waals surface area contributed by atoms with Gasteiger partial charge in [-0.2, -0.15) is 0 Å². The summed E-state index contributed by atoms with van der Waals surface area (Å²) in [4.78, 5) is 15.9. The van der Waals surface area contributed by atoms with E-state index in [2.05, 4.69) is 10.3 Å². The molecule has 0 radical (unpaired) electrons. The van der Waals surface area contributed by atoms with Crippen molar-refractivity contribution in [1.82, 2.24) is 10.3 Å². The van der Waals surface area contributed by atoms with Gasteiger partial charge in [-0.1, -0.05) is 18.2 Å². The molecule has 0 saturated carbocycles. The molecule has 5 heteroatoms. The first-order chi connectivity index (χ1) is 10.2. The van der Waals surface area contributed by atoms with Gasteiger partial charge in [-0.15, -0.1) is 0 Å². The predicted molar refractivity (Wildman–Crippen MR) is 80.6 cm³/mol. The molecule has 2 rings (SSSR count). The van der Waals surface area contributed by atoms with Crippen LogP contribution in [0.25, 0.3) is 0 Å². The van der Waals surface area contributed by atoms with Gasteiger partial charge in [-0.05, 0) is 36.2 Å². The maximum absolute atomic E-state index is 11.7. The highest BCUT2D eigenvalue weighted by Crippen LogP contribution is 2.11. The average Bonchev–Trinajstić information content (AvgIpc) is 2.53. The summed E-state index contributed by atoms with van der Waals surface area (Å²) in [6, 6.07) is 11.2. The van der Waals surface area contributed by atoms with E-state index >= 15 is 0 Å². The molecule has 3 N–H and O–H groups in total. The van der Waals surface area contributed by atoms with Crippen LogP contribution in [0.5, 0.6) is 5.75 Å². The van der Waals surface area contributed by atoms with Crippen molar-refractivity contribution in [2.45, 2.75) is 20.0 Å². The highest BCUT2D eigenvalue weighted by molar-refractivity contribution is 5.77. The summed E-state index contributed by atoms with van der Waals surface area (Å²) in [5, 5.41) is 2.79. The molecule has 0 saturated heterocycles. The molecule has 1 aromatic carbocycles. The normalized spacial score (nSPS) is 10.2. The van der Waals surface area contributed by atoms with Gasteiger partial charge in [0.15, 0.2) is 6.61 Å². The van der Waals surface area contributed by atoms with Crippen LogP contribution in [0, 0.1) is 6.92 Å². The molecule has 1 aromatic heterocycles. The summed E-state index contributed by atoms with van der Waals surface area (Å²) in [5.74, 6) is 0.484. The van der Waals surface area contributed by atoms with Crippen molar-refractivity contribution in [3.8, 4) is 5.75 Å². The number of carbonyl (C=O) groups excluding carboxylic acids is 1. The Balaban J connectivity index is 1.75. The zero-order chi connectivity index (χ0) is 15.1. The monoisotopic (exact) mass is 285 g/mol. The van der Waals surface area contributed by atoms with Crippen LogP contribution in [0.4, 0.5) is 0 Å². The molecule has 0 fully saturated rings. The van der Waals surface area contributed by atoms with Crippen LogP contribution in [-0.2, 0) is 17.9 Å². The fourth-order valence-corrected chi connectivity index (χ4v) is 1.73. The molecule has 110 valence electrons. The highest BCUT2D eigenvalue weighted by atomic mass is 16.5. The van der Waals surface area contributed by atoms with Crippen molar-refractivity contribution in [3.63, 3.8) is 0 Å². The molecule has 1 amide bonds. The van der Waals surface area contributed by atoms with Gasteiger partial charge in [0.2, 0.25) is 0 Å². The molecule has 5 nitrogen and oxygen atoms in total. The van der Waals surface area contributed by atoms with E-state index in [1.165, 1.54) is 0 Å². The van der Waals surface area contributed by atoms with Crippen molar-refractivity contribution in [2.24, 2.45) is 5.73 Å². The fourth-order valence-electron chi connectivity index (χ4n) is 1.73. The minimum Gasteiger partial charge on any atom is -0.484 e. The molecule has 0 atom stereocenters. The number of aryl methyl sites for hydroxylation is 1. The summed E-state index contributed by atoms with van der Waals surface area (Å²) in [6.45, 7) is 2.85. The Bertz CT molecular complexity index is 579. The summed E-state index contributed by atoms with van der Waals surface area (Å²) in [7, 11) is 0. The van der Waals surface area contributed by atoms with Gasteiger partial charge >= 0.3 is 0 Å². The summed E-state index contributed by atoms with van der Waals surface area (Å²) in [5.41, 5.74) is 8.46. The smallest absolute Gasteiger partial charge is 0.258 e. The van der Waals surface area contributed by atoms with Gasteiger partial charge in [-0.25, -0.2) is 0 Å². The largest absolute Gasteiger partial charge is 0.484 e. The van der Waals surface area contributed by atoms with Crippen molar-refractivity contribution >= 4 is 5.91 Å². The number of benzene rings is 1. The van der Waals surface area contributed by atoms with Gasteiger partial charge < -0.3 is 15.8 Å². The maximum Gasteiger partial charge on any atom is 0.258 e. The molecule has 0 bridgehead atoms. The number of nitrogens with one attached hydrogen (secondary N) is 1. The van der Waals surface area contributed by atoms with Crippen molar-refractivity contribution in [3.05, 3.63) is 59.4 Å². The van der Waals surface area contributed by atoms with E-state index in [1.54, 1.807) is 18.3 Å². The van der Waals surface area contributed by atoms with E-state index in [0.717, 1.165) is 16.8 Å². The third-order valence-electron chi connectivity index (χ3n) is 2.99. The lowest BCUT2D eigenvalue weighted by Crippen LogP contribution is -2.28. The minimum absolute atomic E-state index is 0.0126. The third kappa shape index (κ3) is 4.89. The maximum atomic E-state index is 11.7. The number of ether oxygens (including phenoxy) is 1. The number of pyridine rings is 1. The second kappa shape index (κ2) is 7.40. The van der Waals surface area contributed by atoms with Crippen LogP contribution in [-0.4, -0.2) is 17.5 Å². The SMILES string of the molecule is Cc1ccc(CNC(=O)COc2ccc(CN)cc2)cn1. The van der Waals surface area contributed by atoms with E-state index in [4.69, 9.17) is 10.5 Å². The zero-order valence-corrected chi connectivity index (χ0v) is 12.0. The Morgan fingerprint density at radius 2 is 1.90 bits per heavy atom. The third-order valence-corrected chi connectivity index (χ3v) is 2.99. The molecule has 0 unspecified atom stereocenters. The average molecular weight is 285 g/mol. The number of amides is 1. The van der Waals surface area contributed by atoms with Crippen LogP contribution < -0.4 is 15.8 Å². The van der Waals surface area contributed by atoms with Crippen molar-refractivity contribution in [1.29, 1.82) is 0 Å². The number of carbonyl (C=O) groups is 1. The Labute approximate surface area is 124 Å². The minimum atomic E-state index is -0.168. The van der Waals surface area contributed by atoms with Crippen LogP contribution in [0.1, 0.15) is 16.8 Å². The molecule has 0 aliphatic rings. The summed E-state index contributed by atoms with van der Waals surface area (Å²) >= 11 is 0. The van der Waals surface area contributed by atoms with Gasteiger partial charge in [0, 0.05) is 25.0 Å². The van der Waals surface area contributed by atoms with Gasteiger partial charge in [-0.3, -0.25) is 9.78 Å². The van der Waals surface area contributed by atoms with Gasteiger partial charge in [0.1, 0.15) is 5.75 Å². The molecule has 0 spiro atoms. The Morgan fingerprint density at radius 3 is 2.52 bits per heavy atom. The Morgan fingerprint density at radius 1 is 1.19 bits per heavy atom. The van der Waals surface area contributed by atoms with Crippen LogP contribution in [0.3, 0.4) is 0 Å². The highest BCUT2D eigenvalue weighted by Gasteiger charge is 2.03. The van der Waals surface area contributed by atoms with Crippen LogP contribution >= 0.6 is 0 Å². The van der Waals surface area contributed by atoms with Crippen molar-refractivity contribution in [2.75, 3.05) is 6.61 Å². The quantitative estimate of drug-likeness (QED) is 0.844. The zero-order valence-electron chi connectivity index (χ0n) is 12.0. The first kappa shape index (κ1) is 15.0. The molecular weight excluding hydrogens is 266 g/mol. The number of nitrogens with two attached hydrogens (primary N) is 1. The first-order valence-corrected chi connectivity index (χ1v) is 6.77. The Hall–Kier alpha value is -2.40. The van der Waals surface area contributed by atoms with Crippen molar-refractivity contribution < 1.29 is 9.53 Å². The standard InChI is InChI=1S/C16H19N3O2/c1-12-2-3-14(9-18-12)10-19-16(20)11-21-15-6-4-13(8-17)5-7-15/h2-7,9H,8,10-11,17H2,1H3,(H,19,20). The van der Waals surface area contributed by atoms with Gasteiger partial charge in [0.25, 0.3) is 5.91 Å². The predicted octanol–water partition coefficient (Wildman–Crippen LogP) is 1.54. The molecule has 21 heavy (non-hydrogen) atoms. The first-order valence-electron chi connectivity index (χ1n) is 6.77. The second-order valence-electron chi connectivity index (χ2n) is 4.72. The van der Waals surface area contributed by atoms with E-state index in [0.29, 0.717) is 18.8 Å². The second-order valence-corrected chi connectivity index (χ2v) is 4.72. The molecule has 2 aromatic rings. The summed E-state index contributed by atoms with van der Waals surface area (Å²) in [6.07, 6.45) is 1.75. The van der Waals surface area contributed by atoms with E-state index < -0.39 is 0 Å². The Kier molecular flexibility index (Phi) is 5.29. The van der Waals surface area contributed by atoms with Crippen LogP contribution in [0.2, 0.25) is 0 Å². The molecule has 1 heterocycles. The number of hydrogen-bond donors (Lipinski definition) is 2. The van der Waals surface area contributed by atoms with E-state index in [1.807, 2.05) is 31.2 Å². The molecule has 0 aliphatic carbocycles. The number of hydrogen-bond acceptors (Lipinski definition) is 4.